The Kier molecular flexibility index (Phi) is 8.97. The summed E-state index contributed by atoms with van der Waals surface area (Å²) in [5.41, 5.74) is 2.56. The fourth-order valence-electron chi connectivity index (χ4n) is 3.77. The minimum atomic E-state index is 0.155. The molecule has 162 valence electrons. The largest absolute Gasteiger partial charge is 0.373 e. The zero-order valence-corrected chi connectivity index (χ0v) is 18.2. The van der Waals surface area contributed by atoms with Crippen LogP contribution in [-0.2, 0) is 4.74 Å². The van der Waals surface area contributed by atoms with Crippen LogP contribution >= 0.6 is 0 Å². The Morgan fingerprint density at radius 2 is 1.93 bits per heavy atom. The molecule has 2 unspecified atom stereocenters. The molecule has 3 rings (SSSR count). The molecule has 1 saturated heterocycles. The van der Waals surface area contributed by atoms with Gasteiger partial charge in [-0.15, -0.1) is 0 Å². The van der Waals surface area contributed by atoms with E-state index in [4.69, 9.17) is 4.74 Å². The van der Waals surface area contributed by atoms with Crippen molar-refractivity contribution >= 4 is 11.8 Å². The first-order valence-corrected chi connectivity index (χ1v) is 11.0. The highest BCUT2D eigenvalue weighted by Crippen LogP contribution is 2.33. The third kappa shape index (κ3) is 7.02. The number of pyridine rings is 1. The van der Waals surface area contributed by atoms with Gasteiger partial charge < -0.3 is 20.7 Å². The van der Waals surface area contributed by atoms with Crippen LogP contribution in [0.1, 0.15) is 42.9 Å². The van der Waals surface area contributed by atoms with Crippen LogP contribution in [0, 0.1) is 12.8 Å². The number of anilines is 1. The van der Waals surface area contributed by atoms with E-state index in [1.54, 1.807) is 6.20 Å². The van der Waals surface area contributed by atoms with Crippen molar-refractivity contribution in [3.8, 4) is 0 Å². The molecule has 1 aromatic heterocycles. The molecule has 0 spiro atoms. The summed E-state index contributed by atoms with van der Waals surface area (Å²) < 4.78 is 6.13. The van der Waals surface area contributed by atoms with Gasteiger partial charge in [0.2, 0.25) is 0 Å². The lowest BCUT2D eigenvalue weighted by Crippen LogP contribution is -2.42. The molecule has 0 saturated carbocycles. The van der Waals surface area contributed by atoms with Crippen LogP contribution in [0.3, 0.4) is 0 Å². The Hall–Kier alpha value is -2.60. The molecule has 0 radical (unpaired) electrons. The summed E-state index contributed by atoms with van der Waals surface area (Å²) >= 11 is 0. The lowest BCUT2D eigenvalue weighted by Gasteiger charge is -2.32. The molecule has 1 fully saturated rings. The van der Waals surface area contributed by atoms with Gasteiger partial charge in [0.15, 0.2) is 5.96 Å². The van der Waals surface area contributed by atoms with Gasteiger partial charge in [0, 0.05) is 45.4 Å². The molecule has 2 atom stereocenters. The quantitative estimate of drug-likeness (QED) is 0.333. The smallest absolute Gasteiger partial charge is 0.190 e. The van der Waals surface area contributed by atoms with Gasteiger partial charge in [0.1, 0.15) is 5.82 Å². The minimum absolute atomic E-state index is 0.155. The van der Waals surface area contributed by atoms with E-state index in [0.717, 1.165) is 57.3 Å². The van der Waals surface area contributed by atoms with Crippen molar-refractivity contribution in [3.05, 3.63) is 59.8 Å². The molecule has 6 heteroatoms. The molecule has 0 amide bonds. The SMILES string of the molecule is CN=C(NCCCCNc1ccccn1)NCC1CCCOC1c1ccc(C)cc1. The summed E-state index contributed by atoms with van der Waals surface area (Å²) in [4.78, 5) is 8.65. The first kappa shape index (κ1) is 22.1. The number of nitrogens with zero attached hydrogens (tertiary/aromatic N) is 2. The molecule has 1 aromatic carbocycles. The van der Waals surface area contributed by atoms with E-state index >= 15 is 0 Å². The topological polar surface area (TPSA) is 70.6 Å². The predicted molar refractivity (Wildman–Crippen MR) is 124 cm³/mol. The molecule has 0 bridgehead atoms. The number of nitrogens with one attached hydrogen (secondary N) is 3. The van der Waals surface area contributed by atoms with E-state index in [9.17, 15) is 0 Å². The van der Waals surface area contributed by atoms with Crippen molar-refractivity contribution < 1.29 is 4.74 Å². The number of unbranched alkanes of at least 4 members (excludes halogenated alkanes) is 1. The zero-order chi connectivity index (χ0) is 21.0. The number of rotatable bonds is 9. The second-order valence-electron chi connectivity index (χ2n) is 7.83. The van der Waals surface area contributed by atoms with E-state index in [-0.39, 0.29) is 6.10 Å². The van der Waals surface area contributed by atoms with Crippen molar-refractivity contribution in [1.29, 1.82) is 0 Å². The van der Waals surface area contributed by atoms with Crippen molar-refractivity contribution in [3.63, 3.8) is 0 Å². The van der Waals surface area contributed by atoms with Crippen LogP contribution in [0.25, 0.3) is 0 Å². The lowest BCUT2D eigenvalue weighted by atomic mass is 9.89. The maximum atomic E-state index is 6.13. The number of hydrogen-bond donors (Lipinski definition) is 3. The molecular formula is C24H35N5O. The fourth-order valence-corrected chi connectivity index (χ4v) is 3.77. The van der Waals surface area contributed by atoms with E-state index < -0.39 is 0 Å². The molecular weight excluding hydrogens is 374 g/mol. The summed E-state index contributed by atoms with van der Waals surface area (Å²) in [7, 11) is 1.83. The van der Waals surface area contributed by atoms with Crippen LogP contribution in [0.5, 0.6) is 0 Å². The molecule has 30 heavy (non-hydrogen) atoms. The highest BCUT2D eigenvalue weighted by molar-refractivity contribution is 5.79. The predicted octanol–water partition coefficient (Wildman–Crippen LogP) is 3.92. The molecule has 0 aliphatic carbocycles. The highest BCUT2D eigenvalue weighted by atomic mass is 16.5. The normalized spacial score (nSPS) is 19.3. The average Bonchev–Trinajstić information content (AvgIpc) is 2.79. The number of guanidine groups is 1. The van der Waals surface area contributed by atoms with Gasteiger partial charge in [0.25, 0.3) is 0 Å². The Bertz CT molecular complexity index is 763. The van der Waals surface area contributed by atoms with Gasteiger partial charge in [-0.25, -0.2) is 4.98 Å². The van der Waals surface area contributed by atoms with Crippen LogP contribution in [0.4, 0.5) is 5.82 Å². The number of aryl methyl sites for hydroxylation is 1. The van der Waals surface area contributed by atoms with E-state index in [1.165, 1.54) is 17.5 Å². The average molecular weight is 410 g/mol. The molecule has 6 nitrogen and oxygen atoms in total. The number of aliphatic imine (C=N–C) groups is 1. The monoisotopic (exact) mass is 409 g/mol. The minimum Gasteiger partial charge on any atom is -0.373 e. The second kappa shape index (κ2) is 12.2. The van der Waals surface area contributed by atoms with Crippen molar-refractivity contribution in [2.45, 2.75) is 38.7 Å². The van der Waals surface area contributed by atoms with Crippen molar-refractivity contribution in [1.82, 2.24) is 15.6 Å². The Balaban J connectivity index is 1.37. The number of hydrogen-bond acceptors (Lipinski definition) is 4. The number of ether oxygens (including phenoxy) is 1. The summed E-state index contributed by atoms with van der Waals surface area (Å²) in [6.45, 7) is 5.64. The fraction of sp³-hybridized carbons (Fsp3) is 0.500. The van der Waals surface area contributed by atoms with Crippen LogP contribution in [0.15, 0.2) is 53.7 Å². The van der Waals surface area contributed by atoms with Gasteiger partial charge >= 0.3 is 0 Å². The first-order chi connectivity index (χ1) is 14.8. The van der Waals surface area contributed by atoms with Gasteiger partial charge in [-0.2, -0.15) is 0 Å². The number of aromatic nitrogens is 1. The Morgan fingerprint density at radius 1 is 1.10 bits per heavy atom. The van der Waals surface area contributed by atoms with Crippen LogP contribution in [0.2, 0.25) is 0 Å². The Morgan fingerprint density at radius 3 is 2.70 bits per heavy atom. The molecule has 1 aliphatic rings. The second-order valence-corrected chi connectivity index (χ2v) is 7.83. The van der Waals surface area contributed by atoms with Gasteiger partial charge in [-0.05, 0) is 50.3 Å². The molecule has 3 N–H and O–H groups in total. The maximum absolute atomic E-state index is 6.13. The third-order valence-electron chi connectivity index (χ3n) is 5.47. The Labute approximate surface area is 180 Å². The zero-order valence-electron chi connectivity index (χ0n) is 18.2. The number of benzene rings is 1. The summed E-state index contributed by atoms with van der Waals surface area (Å²) in [5.74, 6) is 2.24. The van der Waals surface area contributed by atoms with Gasteiger partial charge in [-0.3, -0.25) is 4.99 Å². The lowest BCUT2D eigenvalue weighted by molar-refractivity contribution is -0.0265. The van der Waals surface area contributed by atoms with E-state index in [2.05, 4.69) is 57.1 Å². The van der Waals surface area contributed by atoms with Crippen molar-refractivity contribution in [2.24, 2.45) is 10.9 Å². The molecule has 1 aliphatic heterocycles. The summed E-state index contributed by atoms with van der Waals surface area (Å²) in [6, 6.07) is 14.6. The van der Waals surface area contributed by atoms with E-state index in [0.29, 0.717) is 5.92 Å². The van der Waals surface area contributed by atoms with E-state index in [1.807, 2.05) is 25.2 Å². The molecule has 2 heterocycles. The molecule has 2 aromatic rings. The van der Waals surface area contributed by atoms with Crippen molar-refractivity contribution in [2.75, 3.05) is 38.6 Å². The summed E-state index contributed by atoms with van der Waals surface area (Å²) in [6.07, 6.45) is 6.39. The van der Waals surface area contributed by atoms with Gasteiger partial charge in [-0.1, -0.05) is 35.9 Å². The highest BCUT2D eigenvalue weighted by Gasteiger charge is 2.27. The summed E-state index contributed by atoms with van der Waals surface area (Å²) in [5, 5.41) is 10.3. The third-order valence-corrected chi connectivity index (χ3v) is 5.47. The van der Waals surface area contributed by atoms with Gasteiger partial charge in [0.05, 0.1) is 6.10 Å². The van der Waals surface area contributed by atoms with Crippen LogP contribution in [-0.4, -0.2) is 44.2 Å². The van der Waals surface area contributed by atoms with Crippen LogP contribution < -0.4 is 16.0 Å². The standard InChI is InChI=1S/C24H35N5O/c1-19-10-12-20(13-11-19)23-21(8-7-17-30-23)18-29-24(25-2)28-16-6-5-15-27-22-9-3-4-14-26-22/h3-4,9-14,21,23H,5-8,15-18H2,1-2H3,(H,26,27)(H2,25,28,29). The first-order valence-electron chi connectivity index (χ1n) is 11.0. The maximum Gasteiger partial charge on any atom is 0.190 e.